The predicted molar refractivity (Wildman–Crippen MR) is 88.0 cm³/mol. The van der Waals surface area contributed by atoms with Crippen molar-refractivity contribution >= 4 is 17.7 Å². The Kier molecular flexibility index (Phi) is 5.71. The van der Waals surface area contributed by atoms with Crippen molar-refractivity contribution in [2.75, 3.05) is 13.6 Å². The first-order chi connectivity index (χ1) is 12.4. The number of hydrogen-bond donors (Lipinski definition) is 1. The molecule has 0 spiro atoms. The number of aromatic nitrogens is 4. The molecule has 0 bridgehead atoms. The fraction of sp³-hybridized carbons (Fsp3) is 0.562. The van der Waals surface area contributed by atoms with Gasteiger partial charge in [0.05, 0.1) is 5.92 Å². The first kappa shape index (κ1) is 20.6. The molecule has 0 saturated heterocycles. The van der Waals surface area contributed by atoms with Gasteiger partial charge in [-0.1, -0.05) is 6.92 Å². The van der Waals surface area contributed by atoms with Crippen LogP contribution in [-0.4, -0.2) is 55.1 Å². The van der Waals surface area contributed by atoms with Crippen molar-refractivity contribution in [2.45, 2.75) is 39.8 Å². The standard InChI is InChI=1S/C16H20F3N5O3/c1-8(13(26)27)7-23(4)12(25)6-5-11-9(2)20-15-21-14(16(17,18)19)22-24(15)10(11)3/h8H,5-7H2,1-4H3,(H,26,27). The molecule has 0 radical (unpaired) electrons. The van der Waals surface area contributed by atoms with Crippen LogP contribution in [0, 0.1) is 19.8 Å². The highest BCUT2D eigenvalue weighted by atomic mass is 19.4. The third kappa shape index (κ3) is 4.52. The number of carboxylic acids is 1. The van der Waals surface area contributed by atoms with Crippen LogP contribution in [0.2, 0.25) is 0 Å². The Morgan fingerprint density at radius 2 is 1.89 bits per heavy atom. The Morgan fingerprint density at radius 3 is 2.44 bits per heavy atom. The number of aliphatic carboxylic acids is 1. The van der Waals surface area contributed by atoms with E-state index in [9.17, 15) is 22.8 Å². The lowest BCUT2D eigenvalue weighted by molar-refractivity contribution is -0.145. The van der Waals surface area contributed by atoms with E-state index in [1.165, 1.54) is 18.9 Å². The number of aryl methyl sites for hydroxylation is 2. The summed E-state index contributed by atoms with van der Waals surface area (Å²) in [6, 6.07) is 0. The number of halogens is 3. The van der Waals surface area contributed by atoms with Crippen molar-refractivity contribution in [2.24, 2.45) is 5.92 Å². The molecule has 0 aromatic carbocycles. The van der Waals surface area contributed by atoms with Crippen LogP contribution in [-0.2, 0) is 22.2 Å². The van der Waals surface area contributed by atoms with Gasteiger partial charge in [-0.2, -0.15) is 18.2 Å². The first-order valence-electron chi connectivity index (χ1n) is 8.18. The molecular weight excluding hydrogens is 367 g/mol. The third-order valence-electron chi connectivity index (χ3n) is 4.29. The Balaban J connectivity index is 2.19. The number of carbonyl (C=O) groups is 2. The molecule has 1 unspecified atom stereocenters. The maximum atomic E-state index is 12.8. The second-order valence-electron chi connectivity index (χ2n) is 6.42. The molecule has 2 aromatic heterocycles. The molecule has 148 valence electrons. The van der Waals surface area contributed by atoms with E-state index >= 15 is 0 Å². The Labute approximate surface area is 153 Å². The molecule has 2 heterocycles. The van der Waals surface area contributed by atoms with Crippen LogP contribution < -0.4 is 0 Å². The van der Waals surface area contributed by atoms with Crippen LogP contribution in [0.3, 0.4) is 0 Å². The van der Waals surface area contributed by atoms with Crippen molar-refractivity contribution < 1.29 is 27.9 Å². The van der Waals surface area contributed by atoms with E-state index in [1.54, 1.807) is 13.8 Å². The maximum absolute atomic E-state index is 12.8. The fourth-order valence-electron chi connectivity index (χ4n) is 2.70. The molecule has 27 heavy (non-hydrogen) atoms. The summed E-state index contributed by atoms with van der Waals surface area (Å²) in [7, 11) is 1.51. The van der Waals surface area contributed by atoms with Crippen LogP contribution in [0.5, 0.6) is 0 Å². The summed E-state index contributed by atoms with van der Waals surface area (Å²) in [6.07, 6.45) is -4.36. The molecular formula is C16H20F3N5O3. The van der Waals surface area contributed by atoms with Gasteiger partial charge in [0.2, 0.25) is 5.91 Å². The van der Waals surface area contributed by atoms with E-state index in [0.717, 1.165) is 4.52 Å². The first-order valence-corrected chi connectivity index (χ1v) is 8.18. The van der Waals surface area contributed by atoms with Crippen molar-refractivity contribution in [3.8, 4) is 0 Å². The number of fused-ring (bicyclic) bond motifs is 1. The van der Waals surface area contributed by atoms with E-state index < -0.39 is 23.9 Å². The maximum Gasteiger partial charge on any atom is 0.453 e. The number of rotatable bonds is 6. The highest BCUT2D eigenvalue weighted by molar-refractivity contribution is 5.77. The molecule has 1 N–H and O–H groups in total. The molecule has 0 aliphatic heterocycles. The van der Waals surface area contributed by atoms with E-state index in [0.29, 0.717) is 17.0 Å². The highest BCUT2D eigenvalue weighted by Crippen LogP contribution is 2.27. The Morgan fingerprint density at radius 1 is 1.26 bits per heavy atom. The number of carboxylic acid groups (broad SMARTS) is 1. The summed E-state index contributed by atoms with van der Waals surface area (Å²) < 4.78 is 39.4. The monoisotopic (exact) mass is 387 g/mol. The molecule has 0 saturated carbocycles. The zero-order valence-corrected chi connectivity index (χ0v) is 15.3. The van der Waals surface area contributed by atoms with Crippen molar-refractivity contribution in [1.82, 2.24) is 24.5 Å². The van der Waals surface area contributed by atoms with Crippen LogP contribution in [0.25, 0.3) is 5.78 Å². The van der Waals surface area contributed by atoms with Gasteiger partial charge in [-0.25, -0.2) is 9.50 Å². The second kappa shape index (κ2) is 7.49. The molecule has 2 rings (SSSR count). The number of amides is 1. The van der Waals surface area contributed by atoms with Gasteiger partial charge >= 0.3 is 12.1 Å². The lowest BCUT2D eigenvalue weighted by Gasteiger charge is -2.20. The minimum absolute atomic E-state index is 0.0680. The normalized spacial score (nSPS) is 13.0. The van der Waals surface area contributed by atoms with Crippen LogP contribution >= 0.6 is 0 Å². The van der Waals surface area contributed by atoms with Crippen LogP contribution in [0.1, 0.15) is 36.1 Å². The summed E-state index contributed by atoms with van der Waals surface area (Å²) >= 11 is 0. The molecule has 0 aliphatic rings. The van der Waals surface area contributed by atoms with Gasteiger partial charge in [-0.3, -0.25) is 9.59 Å². The van der Waals surface area contributed by atoms with Gasteiger partial charge in [-0.15, -0.1) is 5.10 Å². The second-order valence-corrected chi connectivity index (χ2v) is 6.42. The topological polar surface area (TPSA) is 101 Å². The lowest BCUT2D eigenvalue weighted by atomic mass is 10.1. The van der Waals surface area contributed by atoms with Gasteiger partial charge in [0.1, 0.15) is 0 Å². The average molecular weight is 387 g/mol. The molecule has 8 nitrogen and oxygen atoms in total. The molecule has 2 aromatic rings. The predicted octanol–water partition coefficient (Wildman–Crippen LogP) is 1.87. The quantitative estimate of drug-likeness (QED) is 0.812. The minimum Gasteiger partial charge on any atom is -0.481 e. The zero-order chi connectivity index (χ0) is 20.5. The summed E-state index contributed by atoms with van der Waals surface area (Å²) in [6.45, 7) is 4.79. The zero-order valence-electron chi connectivity index (χ0n) is 15.3. The van der Waals surface area contributed by atoms with Crippen LogP contribution in [0.15, 0.2) is 0 Å². The van der Waals surface area contributed by atoms with E-state index in [2.05, 4.69) is 15.1 Å². The summed E-state index contributed by atoms with van der Waals surface area (Å²) in [4.78, 5) is 31.9. The summed E-state index contributed by atoms with van der Waals surface area (Å²) in [5.41, 5.74) is 1.50. The minimum atomic E-state index is -4.67. The highest BCUT2D eigenvalue weighted by Gasteiger charge is 2.37. The summed E-state index contributed by atoms with van der Waals surface area (Å²) in [5, 5.41) is 12.4. The molecule has 11 heteroatoms. The average Bonchev–Trinajstić information content (AvgIpc) is 2.98. The van der Waals surface area contributed by atoms with E-state index in [4.69, 9.17) is 5.11 Å². The fourth-order valence-corrected chi connectivity index (χ4v) is 2.70. The molecule has 1 amide bonds. The number of alkyl halides is 3. The molecule has 0 fully saturated rings. The molecule has 1 atom stereocenters. The third-order valence-corrected chi connectivity index (χ3v) is 4.29. The lowest BCUT2D eigenvalue weighted by Crippen LogP contribution is -2.33. The number of hydrogen-bond acceptors (Lipinski definition) is 5. The number of nitrogens with zero attached hydrogens (tertiary/aromatic N) is 5. The summed E-state index contributed by atoms with van der Waals surface area (Å²) in [5.74, 6) is -3.39. The van der Waals surface area contributed by atoms with Gasteiger partial charge < -0.3 is 10.0 Å². The van der Waals surface area contributed by atoms with Gasteiger partial charge in [-0.05, 0) is 25.8 Å². The van der Waals surface area contributed by atoms with Crippen molar-refractivity contribution in [3.63, 3.8) is 0 Å². The van der Waals surface area contributed by atoms with E-state index in [1.807, 2.05) is 0 Å². The van der Waals surface area contributed by atoms with Crippen LogP contribution in [0.4, 0.5) is 13.2 Å². The largest absolute Gasteiger partial charge is 0.481 e. The van der Waals surface area contributed by atoms with Gasteiger partial charge in [0, 0.05) is 31.4 Å². The van der Waals surface area contributed by atoms with E-state index in [-0.39, 0.29) is 31.1 Å². The smallest absolute Gasteiger partial charge is 0.453 e. The SMILES string of the molecule is Cc1nc2nc(C(F)(F)F)nn2c(C)c1CCC(=O)N(C)CC(C)C(=O)O. The Hall–Kier alpha value is -2.72. The number of carbonyl (C=O) groups excluding carboxylic acids is 1. The Bertz CT molecular complexity index is 878. The van der Waals surface area contributed by atoms with Gasteiger partial charge in [0.15, 0.2) is 0 Å². The molecule has 0 aliphatic carbocycles. The van der Waals surface area contributed by atoms with Gasteiger partial charge in [0.25, 0.3) is 11.6 Å². The van der Waals surface area contributed by atoms with Crippen molar-refractivity contribution in [1.29, 1.82) is 0 Å². The van der Waals surface area contributed by atoms with Crippen molar-refractivity contribution in [3.05, 3.63) is 22.8 Å².